The van der Waals surface area contributed by atoms with Crippen LogP contribution in [0.3, 0.4) is 0 Å². The van der Waals surface area contributed by atoms with Crippen molar-refractivity contribution in [1.29, 1.82) is 0 Å². The van der Waals surface area contributed by atoms with Crippen LogP contribution in [0, 0.1) is 0 Å². The second-order valence-electron chi connectivity index (χ2n) is 7.89. The molecule has 0 saturated carbocycles. The van der Waals surface area contributed by atoms with Gasteiger partial charge in [0.15, 0.2) is 6.61 Å². The first-order valence-electron chi connectivity index (χ1n) is 10.4. The summed E-state index contributed by atoms with van der Waals surface area (Å²) >= 11 is 0. The fourth-order valence-electron chi connectivity index (χ4n) is 3.59. The van der Waals surface area contributed by atoms with Gasteiger partial charge in [-0.1, -0.05) is 56.7 Å². The summed E-state index contributed by atoms with van der Waals surface area (Å²) < 4.78 is 5.62. The van der Waals surface area contributed by atoms with Crippen molar-refractivity contribution in [3.8, 4) is 5.75 Å². The Labute approximate surface area is 168 Å². The van der Waals surface area contributed by atoms with Gasteiger partial charge < -0.3 is 10.1 Å². The molecular formula is C24H32N2O2. The molecule has 0 spiro atoms. The highest BCUT2D eigenvalue weighted by atomic mass is 16.5. The Kier molecular flexibility index (Phi) is 7.49. The first-order chi connectivity index (χ1) is 13.6. The molecule has 1 aliphatic heterocycles. The van der Waals surface area contributed by atoms with Crippen LogP contribution in [0.4, 0.5) is 0 Å². The van der Waals surface area contributed by atoms with Gasteiger partial charge in [0.2, 0.25) is 0 Å². The lowest BCUT2D eigenvalue weighted by Crippen LogP contribution is -2.31. The highest BCUT2D eigenvalue weighted by Gasteiger charge is 2.13. The Morgan fingerprint density at radius 2 is 1.68 bits per heavy atom. The van der Waals surface area contributed by atoms with Crippen LogP contribution >= 0.6 is 0 Å². The average molecular weight is 381 g/mol. The van der Waals surface area contributed by atoms with Crippen molar-refractivity contribution in [1.82, 2.24) is 10.2 Å². The zero-order valence-corrected chi connectivity index (χ0v) is 17.1. The van der Waals surface area contributed by atoms with Crippen molar-refractivity contribution < 1.29 is 9.53 Å². The predicted molar refractivity (Wildman–Crippen MR) is 113 cm³/mol. The normalized spacial score (nSPS) is 14.8. The van der Waals surface area contributed by atoms with Gasteiger partial charge in [0.05, 0.1) is 0 Å². The zero-order chi connectivity index (χ0) is 19.8. The van der Waals surface area contributed by atoms with Gasteiger partial charge in [-0.3, -0.25) is 9.69 Å². The number of nitrogens with zero attached hydrogens (tertiary/aromatic N) is 1. The second-order valence-corrected chi connectivity index (χ2v) is 7.89. The zero-order valence-electron chi connectivity index (χ0n) is 17.1. The monoisotopic (exact) mass is 380 g/mol. The number of benzene rings is 2. The van der Waals surface area contributed by atoms with E-state index < -0.39 is 0 Å². The molecule has 28 heavy (non-hydrogen) atoms. The Morgan fingerprint density at radius 1 is 1.00 bits per heavy atom. The van der Waals surface area contributed by atoms with Crippen molar-refractivity contribution >= 4 is 5.91 Å². The third-order valence-corrected chi connectivity index (χ3v) is 5.35. The molecule has 3 rings (SSSR count). The minimum atomic E-state index is -0.0966. The highest BCUT2D eigenvalue weighted by molar-refractivity contribution is 5.77. The maximum Gasteiger partial charge on any atom is 0.258 e. The lowest BCUT2D eigenvalue weighted by Gasteiger charge is -2.27. The summed E-state index contributed by atoms with van der Waals surface area (Å²) in [5, 5.41) is 2.99. The Hall–Kier alpha value is -2.33. The van der Waals surface area contributed by atoms with Gasteiger partial charge in [0.25, 0.3) is 5.91 Å². The summed E-state index contributed by atoms with van der Waals surface area (Å²) in [5.74, 6) is 1.12. The molecule has 0 aliphatic carbocycles. The SMILES string of the molecule is CC(C)c1ccc(OCC(=O)NCc2ccccc2CN2CCCCC2)cc1. The third-order valence-electron chi connectivity index (χ3n) is 5.35. The van der Waals surface area contributed by atoms with Crippen molar-refractivity contribution in [2.45, 2.75) is 52.1 Å². The number of likely N-dealkylation sites (tertiary alicyclic amines) is 1. The number of rotatable bonds is 8. The van der Waals surface area contributed by atoms with Gasteiger partial charge in [0.1, 0.15) is 5.75 Å². The van der Waals surface area contributed by atoms with Crippen molar-refractivity contribution in [3.63, 3.8) is 0 Å². The van der Waals surface area contributed by atoms with Gasteiger partial charge in [-0.25, -0.2) is 0 Å². The van der Waals surface area contributed by atoms with E-state index in [4.69, 9.17) is 4.74 Å². The minimum absolute atomic E-state index is 0.0370. The fourth-order valence-corrected chi connectivity index (χ4v) is 3.59. The van der Waals surface area contributed by atoms with Crippen molar-refractivity contribution in [2.24, 2.45) is 0 Å². The molecule has 2 aromatic carbocycles. The molecule has 0 unspecified atom stereocenters. The number of hydrogen-bond acceptors (Lipinski definition) is 3. The van der Waals surface area contributed by atoms with Crippen LogP contribution in [0.5, 0.6) is 5.75 Å². The molecule has 1 amide bonds. The Bertz CT molecular complexity index is 749. The molecule has 1 N–H and O–H groups in total. The summed E-state index contributed by atoms with van der Waals surface area (Å²) in [4.78, 5) is 14.7. The Balaban J connectivity index is 1.47. The number of ether oxygens (including phenoxy) is 1. The van der Waals surface area contributed by atoms with E-state index in [0.717, 1.165) is 12.3 Å². The first kappa shape index (κ1) is 20.4. The number of amides is 1. The molecule has 1 heterocycles. The maximum atomic E-state index is 12.2. The van der Waals surface area contributed by atoms with E-state index in [1.165, 1.54) is 49.0 Å². The van der Waals surface area contributed by atoms with Crippen LogP contribution in [-0.4, -0.2) is 30.5 Å². The molecule has 4 nitrogen and oxygen atoms in total. The van der Waals surface area contributed by atoms with Crippen LogP contribution in [0.25, 0.3) is 0 Å². The van der Waals surface area contributed by atoms with Crippen molar-refractivity contribution in [3.05, 3.63) is 65.2 Å². The molecule has 0 atom stereocenters. The van der Waals surface area contributed by atoms with Gasteiger partial charge in [-0.05, 0) is 60.7 Å². The summed E-state index contributed by atoms with van der Waals surface area (Å²) in [7, 11) is 0. The summed E-state index contributed by atoms with van der Waals surface area (Å²) in [6, 6.07) is 16.3. The van der Waals surface area contributed by atoms with E-state index in [2.05, 4.69) is 54.4 Å². The number of nitrogens with one attached hydrogen (secondary N) is 1. The number of carbonyl (C=O) groups excluding carboxylic acids is 1. The summed E-state index contributed by atoms with van der Waals surface area (Å²) in [5.41, 5.74) is 3.75. The second kappa shape index (κ2) is 10.3. The smallest absolute Gasteiger partial charge is 0.258 e. The molecule has 0 radical (unpaired) electrons. The summed E-state index contributed by atoms with van der Waals surface area (Å²) in [6.45, 7) is 8.20. The topological polar surface area (TPSA) is 41.6 Å². The minimum Gasteiger partial charge on any atom is -0.484 e. The quantitative estimate of drug-likeness (QED) is 0.734. The third kappa shape index (κ3) is 6.10. The van der Waals surface area contributed by atoms with Crippen LogP contribution < -0.4 is 10.1 Å². The lowest BCUT2D eigenvalue weighted by atomic mass is 10.0. The lowest BCUT2D eigenvalue weighted by molar-refractivity contribution is -0.123. The van der Waals surface area contributed by atoms with Crippen LogP contribution in [0.2, 0.25) is 0 Å². The number of hydrogen-bond donors (Lipinski definition) is 1. The standard InChI is InChI=1S/C24H32N2O2/c1-19(2)20-10-12-23(13-11-20)28-18-24(27)25-16-21-8-4-5-9-22(21)17-26-14-6-3-7-15-26/h4-5,8-13,19H,3,6-7,14-18H2,1-2H3,(H,25,27). The first-order valence-corrected chi connectivity index (χ1v) is 10.4. The van der Waals surface area contributed by atoms with Crippen LogP contribution in [0.1, 0.15) is 55.7 Å². The fraction of sp³-hybridized carbons (Fsp3) is 0.458. The molecule has 1 saturated heterocycles. The van der Waals surface area contributed by atoms with Gasteiger partial charge in [0, 0.05) is 13.1 Å². The highest BCUT2D eigenvalue weighted by Crippen LogP contribution is 2.19. The average Bonchev–Trinajstić information content (AvgIpc) is 2.72. The molecule has 1 aliphatic rings. The number of piperidine rings is 1. The molecule has 4 heteroatoms. The largest absolute Gasteiger partial charge is 0.484 e. The van der Waals surface area contributed by atoms with E-state index >= 15 is 0 Å². The molecule has 1 fully saturated rings. The van der Waals surface area contributed by atoms with E-state index in [-0.39, 0.29) is 12.5 Å². The maximum absolute atomic E-state index is 12.2. The molecule has 0 bridgehead atoms. The molecule has 150 valence electrons. The van der Waals surface area contributed by atoms with Gasteiger partial charge in [-0.15, -0.1) is 0 Å². The molecular weight excluding hydrogens is 348 g/mol. The van der Waals surface area contributed by atoms with Gasteiger partial charge >= 0.3 is 0 Å². The van der Waals surface area contributed by atoms with E-state index in [1.807, 2.05) is 18.2 Å². The summed E-state index contributed by atoms with van der Waals surface area (Å²) in [6.07, 6.45) is 3.91. The van der Waals surface area contributed by atoms with Crippen LogP contribution in [-0.2, 0) is 17.9 Å². The van der Waals surface area contributed by atoms with E-state index in [1.54, 1.807) is 0 Å². The van der Waals surface area contributed by atoms with E-state index in [0.29, 0.717) is 12.5 Å². The van der Waals surface area contributed by atoms with Gasteiger partial charge in [-0.2, -0.15) is 0 Å². The molecule has 2 aromatic rings. The van der Waals surface area contributed by atoms with Crippen LogP contribution in [0.15, 0.2) is 48.5 Å². The molecule has 0 aromatic heterocycles. The van der Waals surface area contributed by atoms with Crippen molar-refractivity contribution in [2.75, 3.05) is 19.7 Å². The number of carbonyl (C=O) groups is 1. The predicted octanol–water partition coefficient (Wildman–Crippen LogP) is 4.49. The van der Waals surface area contributed by atoms with E-state index in [9.17, 15) is 4.79 Å². The Morgan fingerprint density at radius 3 is 2.36 bits per heavy atom.